The minimum atomic E-state index is -3.50. The van der Waals surface area contributed by atoms with Crippen molar-refractivity contribution in [1.29, 1.82) is 0 Å². The van der Waals surface area contributed by atoms with Gasteiger partial charge in [-0.1, -0.05) is 23.7 Å². The van der Waals surface area contributed by atoms with Crippen molar-refractivity contribution in [3.63, 3.8) is 0 Å². The van der Waals surface area contributed by atoms with Crippen molar-refractivity contribution in [3.05, 3.63) is 29.3 Å². The Bertz CT molecular complexity index is 499. The summed E-state index contributed by atoms with van der Waals surface area (Å²) in [6, 6.07) is 6.48. The van der Waals surface area contributed by atoms with Crippen molar-refractivity contribution in [3.8, 4) is 0 Å². The van der Waals surface area contributed by atoms with Gasteiger partial charge in [0, 0.05) is 6.54 Å². The second-order valence-corrected chi connectivity index (χ2v) is 6.64. The van der Waals surface area contributed by atoms with Gasteiger partial charge in [0.2, 0.25) is 10.0 Å². The third-order valence-corrected chi connectivity index (χ3v) is 5.01. The molecule has 1 saturated heterocycles. The maximum absolute atomic E-state index is 12.1. The minimum absolute atomic E-state index is 0.149. The topological polar surface area (TPSA) is 58.2 Å². The predicted molar refractivity (Wildman–Crippen MR) is 72.2 cm³/mol. The Morgan fingerprint density at radius 2 is 2.17 bits per heavy atom. The number of hydrogen-bond donors (Lipinski definition) is 2. The number of hydrogen-bond acceptors (Lipinski definition) is 3. The summed E-state index contributed by atoms with van der Waals surface area (Å²) in [6.45, 7) is 2.35. The smallest absolute Gasteiger partial charge is 0.242 e. The van der Waals surface area contributed by atoms with Crippen LogP contribution in [0.4, 0.5) is 0 Å². The summed E-state index contributed by atoms with van der Waals surface area (Å²) in [5.41, 5.74) is 0. The van der Waals surface area contributed by atoms with Crippen molar-refractivity contribution >= 4 is 21.6 Å². The standard InChI is InChI=1S/C12H17ClN2O2S/c13-11-5-1-2-6-12(11)18(16,17)15-9-10-4-3-7-14-8-10/h1-2,5-6,10,14-15H,3-4,7-9H2. The number of benzene rings is 1. The van der Waals surface area contributed by atoms with Crippen molar-refractivity contribution in [2.75, 3.05) is 19.6 Å². The second kappa shape index (κ2) is 6.02. The van der Waals surface area contributed by atoms with E-state index in [0.717, 1.165) is 25.9 Å². The van der Waals surface area contributed by atoms with Crippen LogP contribution in [0, 0.1) is 5.92 Å². The first-order chi connectivity index (χ1) is 8.59. The molecule has 0 saturated carbocycles. The van der Waals surface area contributed by atoms with Crippen molar-refractivity contribution in [2.24, 2.45) is 5.92 Å². The number of rotatable bonds is 4. The summed E-state index contributed by atoms with van der Waals surface area (Å²) >= 11 is 5.90. The average Bonchev–Trinajstić information content (AvgIpc) is 2.38. The van der Waals surface area contributed by atoms with Crippen LogP contribution in [0.15, 0.2) is 29.2 Å². The molecule has 0 amide bonds. The molecule has 1 fully saturated rings. The molecule has 1 aliphatic rings. The molecule has 100 valence electrons. The Labute approximate surface area is 113 Å². The quantitative estimate of drug-likeness (QED) is 0.885. The van der Waals surface area contributed by atoms with Crippen LogP contribution in [0.3, 0.4) is 0 Å². The summed E-state index contributed by atoms with van der Waals surface area (Å²) in [6.07, 6.45) is 2.15. The molecule has 6 heteroatoms. The molecule has 0 aromatic heterocycles. The molecule has 0 radical (unpaired) electrons. The number of halogens is 1. The van der Waals surface area contributed by atoms with E-state index in [4.69, 9.17) is 11.6 Å². The highest BCUT2D eigenvalue weighted by molar-refractivity contribution is 7.89. The van der Waals surface area contributed by atoms with Gasteiger partial charge < -0.3 is 5.32 Å². The Hall–Kier alpha value is -0.620. The van der Waals surface area contributed by atoms with Crippen LogP contribution in [0.5, 0.6) is 0 Å². The van der Waals surface area contributed by atoms with Gasteiger partial charge in [-0.3, -0.25) is 0 Å². The van der Waals surface area contributed by atoms with E-state index in [1.807, 2.05) is 0 Å². The molecule has 1 unspecified atom stereocenters. The molecule has 1 atom stereocenters. The Kier molecular flexibility index (Phi) is 4.61. The Morgan fingerprint density at radius 1 is 1.39 bits per heavy atom. The van der Waals surface area contributed by atoms with E-state index in [2.05, 4.69) is 10.0 Å². The SMILES string of the molecule is O=S(=O)(NCC1CCCNC1)c1ccccc1Cl. The van der Waals surface area contributed by atoms with Gasteiger partial charge in [0.25, 0.3) is 0 Å². The highest BCUT2D eigenvalue weighted by Crippen LogP contribution is 2.20. The zero-order valence-corrected chi connectivity index (χ0v) is 11.6. The third kappa shape index (κ3) is 3.45. The molecule has 4 nitrogen and oxygen atoms in total. The molecule has 0 bridgehead atoms. The first kappa shape index (κ1) is 13.8. The summed E-state index contributed by atoms with van der Waals surface area (Å²) in [5.74, 6) is 0.357. The first-order valence-corrected chi connectivity index (χ1v) is 7.90. The van der Waals surface area contributed by atoms with E-state index in [1.165, 1.54) is 6.07 Å². The van der Waals surface area contributed by atoms with Crippen LogP contribution in [-0.4, -0.2) is 28.1 Å². The molecular weight excluding hydrogens is 272 g/mol. The van der Waals surface area contributed by atoms with Crippen LogP contribution < -0.4 is 10.0 Å². The lowest BCUT2D eigenvalue weighted by molar-refractivity contribution is 0.376. The molecule has 1 aromatic carbocycles. The van der Waals surface area contributed by atoms with E-state index in [9.17, 15) is 8.42 Å². The highest BCUT2D eigenvalue weighted by Gasteiger charge is 2.20. The van der Waals surface area contributed by atoms with Gasteiger partial charge in [-0.15, -0.1) is 0 Å². The summed E-state index contributed by atoms with van der Waals surface area (Å²) in [7, 11) is -3.50. The van der Waals surface area contributed by atoms with Gasteiger partial charge in [-0.25, -0.2) is 13.1 Å². The molecule has 2 N–H and O–H groups in total. The lowest BCUT2D eigenvalue weighted by atomic mass is 10.0. The molecule has 1 aliphatic heterocycles. The van der Waals surface area contributed by atoms with Gasteiger partial charge in [0.15, 0.2) is 0 Å². The van der Waals surface area contributed by atoms with Crippen LogP contribution in [0.2, 0.25) is 5.02 Å². The number of nitrogens with one attached hydrogen (secondary N) is 2. The highest BCUT2D eigenvalue weighted by atomic mass is 35.5. The van der Waals surface area contributed by atoms with Gasteiger partial charge >= 0.3 is 0 Å². The molecule has 2 rings (SSSR count). The minimum Gasteiger partial charge on any atom is -0.316 e. The molecule has 1 heterocycles. The van der Waals surface area contributed by atoms with Gasteiger partial charge in [-0.2, -0.15) is 0 Å². The fourth-order valence-corrected chi connectivity index (χ4v) is 3.70. The second-order valence-electron chi connectivity index (χ2n) is 4.49. The summed E-state index contributed by atoms with van der Waals surface area (Å²) in [4.78, 5) is 0.149. The van der Waals surface area contributed by atoms with E-state index in [0.29, 0.717) is 12.5 Å². The number of piperidine rings is 1. The van der Waals surface area contributed by atoms with Gasteiger partial charge in [-0.05, 0) is 44.0 Å². The fraction of sp³-hybridized carbons (Fsp3) is 0.500. The lowest BCUT2D eigenvalue weighted by Gasteiger charge is -2.22. The fourth-order valence-electron chi connectivity index (χ4n) is 2.07. The van der Waals surface area contributed by atoms with E-state index in [-0.39, 0.29) is 9.92 Å². The zero-order chi connectivity index (χ0) is 13.0. The normalized spacial score (nSPS) is 20.8. The van der Waals surface area contributed by atoms with Crippen molar-refractivity contribution < 1.29 is 8.42 Å². The molecule has 18 heavy (non-hydrogen) atoms. The van der Waals surface area contributed by atoms with Crippen LogP contribution in [0.1, 0.15) is 12.8 Å². The van der Waals surface area contributed by atoms with E-state index >= 15 is 0 Å². The van der Waals surface area contributed by atoms with Crippen molar-refractivity contribution in [2.45, 2.75) is 17.7 Å². The maximum Gasteiger partial charge on any atom is 0.242 e. The molecule has 0 aliphatic carbocycles. The molecule has 0 spiro atoms. The number of sulfonamides is 1. The lowest BCUT2D eigenvalue weighted by Crippen LogP contribution is -2.38. The predicted octanol–water partition coefficient (Wildman–Crippen LogP) is 1.62. The molecule has 1 aromatic rings. The van der Waals surface area contributed by atoms with Crippen LogP contribution in [0.25, 0.3) is 0 Å². The summed E-state index contributed by atoms with van der Waals surface area (Å²) < 4.78 is 26.8. The van der Waals surface area contributed by atoms with Gasteiger partial charge in [0.1, 0.15) is 4.90 Å². The van der Waals surface area contributed by atoms with E-state index < -0.39 is 10.0 Å². The van der Waals surface area contributed by atoms with Crippen LogP contribution in [-0.2, 0) is 10.0 Å². The summed E-state index contributed by atoms with van der Waals surface area (Å²) in [5, 5.41) is 3.52. The average molecular weight is 289 g/mol. The van der Waals surface area contributed by atoms with Gasteiger partial charge in [0.05, 0.1) is 5.02 Å². The largest absolute Gasteiger partial charge is 0.316 e. The van der Waals surface area contributed by atoms with Crippen LogP contribution >= 0.6 is 11.6 Å². The molecular formula is C12H17ClN2O2S. The Balaban J connectivity index is 2.01. The maximum atomic E-state index is 12.1. The monoisotopic (exact) mass is 288 g/mol. The Morgan fingerprint density at radius 3 is 2.83 bits per heavy atom. The first-order valence-electron chi connectivity index (χ1n) is 6.04. The van der Waals surface area contributed by atoms with E-state index in [1.54, 1.807) is 18.2 Å². The van der Waals surface area contributed by atoms with Crippen molar-refractivity contribution in [1.82, 2.24) is 10.0 Å². The zero-order valence-electron chi connectivity index (χ0n) is 10.0. The third-order valence-electron chi connectivity index (χ3n) is 3.09.